The van der Waals surface area contributed by atoms with Crippen LogP contribution in [0.15, 0.2) is 12.2 Å². The Labute approximate surface area is 193 Å². The fraction of sp³-hybridized carbons (Fsp3) is 0.867. The first-order valence-electron chi connectivity index (χ1n) is 14.0. The van der Waals surface area contributed by atoms with Crippen molar-refractivity contribution in [3.63, 3.8) is 0 Å². The van der Waals surface area contributed by atoms with Crippen molar-refractivity contribution >= 4 is 0 Å². The van der Waals surface area contributed by atoms with Gasteiger partial charge < -0.3 is 0 Å². The van der Waals surface area contributed by atoms with Gasteiger partial charge in [-0.25, -0.2) is 0 Å². The third-order valence-corrected chi connectivity index (χ3v) is 6.65. The molecule has 0 aromatic heterocycles. The fourth-order valence-corrected chi connectivity index (χ4v) is 4.39. The van der Waals surface area contributed by atoms with Crippen LogP contribution in [0, 0.1) is 25.7 Å². The Kier molecular flexibility index (Phi) is 24.8. The molecule has 0 heteroatoms. The second kappa shape index (κ2) is 25.0. The van der Waals surface area contributed by atoms with Gasteiger partial charge in [0.15, 0.2) is 0 Å². The molecule has 1 unspecified atom stereocenters. The lowest BCUT2D eigenvalue weighted by molar-refractivity contribution is 0.415. The normalized spacial score (nSPS) is 13.0. The average molecular weight is 419 g/mol. The zero-order valence-corrected chi connectivity index (χ0v) is 21.3. The molecule has 0 N–H and O–H groups in total. The summed E-state index contributed by atoms with van der Waals surface area (Å²) in [6, 6.07) is 0. The number of hydrogen-bond acceptors (Lipinski definition) is 0. The Balaban J connectivity index is 3.35. The molecule has 1 atom stereocenters. The molecule has 0 aliphatic rings. The molecule has 178 valence electrons. The maximum atomic E-state index is 3.95. The largest absolute Gasteiger partial charge is 0.0883 e. The highest BCUT2D eigenvalue weighted by Gasteiger charge is 2.08. The van der Waals surface area contributed by atoms with Crippen LogP contribution < -0.4 is 0 Å². The second-order valence-electron chi connectivity index (χ2n) is 9.98. The van der Waals surface area contributed by atoms with Crippen LogP contribution >= 0.6 is 0 Å². The van der Waals surface area contributed by atoms with E-state index in [9.17, 15) is 0 Å². The van der Waals surface area contributed by atoms with E-state index in [0.29, 0.717) is 0 Å². The maximum absolute atomic E-state index is 3.95. The lowest BCUT2D eigenvalue weighted by Gasteiger charge is -2.16. The average Bonchev–Trinajstić information content (AvgIpc) is 2.74. The van der Waals surface area contributed by atoms with Crippen LogP contribution in [-0.2, 0) is 0 Å². The summed E-state index contributed by atoms with van der Waals surface area (Å²) in [7, 11) is 0. The quantitative estimate of drug-likeness (QED) is 0.108. The van der Waals surface area contributed by atoms with Crippen molar-refractivity contribution in [3.05, 3.63) is 26.0 Å². The van der Waals surface area contributed by atoms with Crippen molar-refractivity contribution in [1.82, 2.24) is 0 Å². The minimum atomic E-state index is 0.782. The molecule has 0 spiro atoms. The van der Waals surface area contributed by atoms with Gasteiger partial charge >= 0.3 is 0 Å². The van der Waals surface area contributed by atoms with Gasteiger partial charge in [0.05, 0.1) is 0 Å². The second-order valence-corrected chi connectivity index (χ2v) is 9.98. The van der Waals surface area contributed by atoms with Crippen LogP contribution in [0.3, 0.4) is 0 Å². The van der Waals surface area contributed by atoms with Crippen LogP contribution in [0.5, 0.6) is 0 Å². The first-order valence-corrected chi connectivity index (χ1v) is 14.0. The molecule has 0 rings (SSSR count). The Hall–Kier alpha value is -0.260. The molecule has 0 saturated heterocycles. The maximum Gasteiger partial charge on any atom is -0.0210 e. The molecule has 0 aliphatic heterocycles. The molecule has 2 radical (unpaired) electrons. The van der Waals surface area contributed by atoms with E-state index in [1.54, 1.807) is 0 Å². The highest BCUT2D eigenvalue weighted by Crippen LogP contribution is 2.21. The molecule has 0 nitrogen and oxygen atoms in total. The van der Waals surface area contributed by atoms with Crippen molar-refractivity contribution in [2.24, 2.45) is 11.8 Å². The SMILES string of the molecule is [CH2]CCCCCCCCCCCCCCCCCC=CC(CCCCC[CH2])C(C)C. The first kappa shape index (κ1) is 29.7. The van der Waals surface area contributed by atoms with Crippen LogP contribution in [0.2, 0.25) is 0 Å². The highest BCUT2D eigenvalue weighted by molar-refractivity contribution is 4.89. The highest BCUT2D eigenvalue weighted by atomic mass is 14.1. The molecule has 0 fully saturated rings. The molecule has 30 heavy (non-hydrogen) atoms. The Bertz CT molecular complexity index is 327. The van der Waals surface area contributed by atoms with Crippen LogP contribution in [-0.4, -0.2) is 0 Å². The van der Waals surface area contributed by atoms with E-state index in [1.807, 2.05) is 0 Å². The zero-order chi connectivity index (χ0) is 22.1. The summed E-state index contributed by atoms with van der Waals surface area (Å²) in [5.41, 5.74) is 0. The number of allylic oxidation sites excluding steroid dienone is 2. The van der Waals surface area contributed by atoms with Gasteiger partial charge in [-0.3, -0.25) is 0 Å². The summed E-state index contributed by atoms with van der Waals surface area (Å²) in [4.78, 5) is 0. The zero-order valence-electron chi connectivity index (χ0n) is 21.3. The minimum absolute atomic E-state index is 0.782. The summed E-state index contributed by atoms with van der Waals surface area (Å²) < 4.78 is 0. The third-order valence-electron chi connectivity index (χ3n) is 6.65. The van der Waals surface area contributed by atoms with E-state index < -0.39 is 0 Å². The lowest BCUT2D eigenvalue weighted by atomic mass is 9.89. The molecular weight excluding hydrogens is 360 g/mol. The topological polar surface area (TPSA) is 0 Å². The Morgan fingerprint density at radius 3 is 1.27 bits per heavy atom. The number of rotatable bonds is 24. The fourth-order valence-electron chi connectivity index (χ4n) is 4.39. The van der Waals surface area contributed by atoms with Gasteiger partial charge in [0, 0.05) is 0 Å². The van der Waals surface area contributed by atoms with Gasteiger partial charge in [0.1, 0.15) is 0 Å². The summed E-state index contributed by atoms with van der Waals surface area (Å²) in [5.74, 6) is 1.57. The standard InChI is InChI=1S/C30H58/c1-5-7-9-11-12-13-14-15-16-17-18-19-20-21-22-23-24-26-28-30(29(3)4)27-25-10-8-6-2/h26,28-30H,1-2,5-25,27H2,3-4H3. The third kappa shape index (κ3) is 22.4. The molecular formula is C30H58. The van der Waals surface area contributed by atoms with E-state index >= 15 is 0 Å². The summed E-state index contributed by atoms with van der Waals surface area (Å²) in [5, 5.41) is 0. The van der Waals surface area contributed by atoms with E-state index in [4.69, 9.17) is 0 Å². The van der Waals surface area contributed by atoms with Gasteiger partial charge in [0.25, 0.3) is 0 Å². The smallest absolute Gasteiger partial charge is 0.0210 e. The van der Waals surface area contributed by atoms with E-state index in [-0.39, 0.29) is 0 Å². The van der Waals surface area contributed by atoms with Gasteiger partial charge in [-0.2, -0.15) is 0 Å². The Morgan fingerprint density at radius 1 is 0.500 bits per heavy atom. The van der Waals surface area contributed by atoms with Crippen LogP contribution in [0.4, 0.5) is 0 Å². The minimum Gasteiger partial charge on any atom is -0.0883 e. The van der Waals surface area contributed by atoms with Crippen molar-refractivity contribution in [2.45, 2.75) is 155 Å². The van der Waals surface area contributed by atoms with Crippen molar-refractivity contribution in [1.29, 1.82) is 0 Å². The number of unbranched alkanes of at least 4 members (excludes halogenated alkanes) is 19. The molecule has 0 bridgehead atoms. The molecule has 0 aliphatic carbocycles. The molecule has 0 heterocycles. The molecule has 0 aromatic rings. The van der Waals surface area contributed by atoms with Crippen molar-refractivity contribution in [2.75, 3.05) is 0 Å². The van der Waals surface area contributed by atoms with Crippen LogP contribution in [0.1, 0.15) is 155 Å². The molecule has 0 amide bonds. The van der Waals surface area contributed by atoms with Crippen molar-refractivity contribution in [3.8, 4) is 0 Å². The Morgan fingerprint density at radius 2 is 0.867 bits per heavy atom. The van der Waals surface area contributed by atoms with Gasteiger partial charge in [-0.1, -0.05) is 162 Å². The van der Waals surface area contributed by atoms with Gasteiger partial charge in [-0.15, -0.1) is 0 Å². The lowest BCUT2D eigenvalue weighted by Crippen LogP contribution is -2.05. The monoisotopic (exact) mass is 418 g/mol. The van der Waals surface area contributed by atoms with E-state index in [0.717, 1.165) is 24.7 Å². The predicted octanol–water partition coefficient (Wildman–Crippen LogP) is 11.1. The van der Waals surface area contributed by atoms with Crippen LogP contribution in [0.25, 0.3) is 0 Å². The predicted molar refractivity (Wildman–Crippen MR) is 140 cm³/mol. The van der Waals surface area contributed by atoms with Gasteiger partial charge in [-0.05, 0) is 31.1 Å². The molecule has 0 aromatic carbocycles. The summed E-state index contributed by atoms with van der Waals surface area (Å²) in [6.07, 6.45) is 35.5. The van der Waals surface area contributed by atoms with Gasteiger partial charge in [0.2, 0.25) is 0 Å². The summed E-state index contributed by atoms with van der Waals surface area (Å²) in [6.45, 7) is 12.6. The number of hydrogen-bond donors (Lipinski definition) is 0. The van der Waals surface area contributed by atoms with E-state index in [1.165, 1.54) is 128 Å². The van der Waals surface area contributed by atoms with Crippen molar-refractivity contribution < 1.29 is 0 Å². The molecule has 0 saturated carbocycles. The summed E-state index contributed by atoms with van der Waals surface area (Å²) >= 11 is 0. The van der Waals surface area contributed by atoms with E-state index in [2.05, 4.69) is 39.8 Å². The first-order chi connectivity index (χ1) is 14.7.